The number of para-hydroxylation sites is 1. The zero-order valence-corrected chi connectivity index (χ0v) is 9.10. The molecule has 1 N–H and O–H groups in total. The highest BCUT2D eigenvalue weighted by Gasteiger charge is 2.08. The predicted octanol–water partition coefficient (Wildman–Crippen LogP) is 1.32. The molecule has 2 rings (SSSR count). The van der Waals surface area contributed by atoms with Crippen LogP contribution in [0, 0.1) is 11.3 Å². The molecule has 0 aliphatic heterocycles. The minimum atomic E-state index is -0.363. The van der Waals surface area contributed by atoms with E-state index in [1.165, 1.54) is 13.2 Å². The van der Waals surface area contributed by atoms with Gasteiger partial charge in [0.15, 0.2) is 0 Å². The summed E-state index contributed by atoms with van der Waals surface area (Å²) >= 11 is 0. The van der Waals surface area contributed by atoms with Gasteiger partial charge >= 0.3 is 0 Å². The summed E-state index contributed by atoms with van der Waals surface area (Å²) in [5, 5.41) is 8.75. The molecule has 2 aromatic rings. The number of hydrogen-bond donors (Lipinski definition) is 1. The van der Waals surface area contributed by atoms with Crippen molar-refractivity contribution in [3.63, 3.8) is 0 Å². The number of nitriles is 1. The maximum atomic E-state index is 11.4. The van der Waals surface area contributed by atoms with Crippen molar-refractivity contribution < 1.29 is 4.74 Å². The number of nitrogens with one attached hydrogen (secondary N) is 1. The molecule has 0 saturated heterocycles. The monoisotopic (exact) mass is 227 g/mol. The first-order chi connectivity index (χ1) is 8.24. The van der Waals surface area contributed by atoms with Gasteiger partial charge in [-0.1, -0.05) is 12.1 Å². The third-order valence-corrected chi connectivity index (χ3v) is 2.23. The van der Waals surface area contributed by atoms with Gasteiger partial charge in [0.1, 0.15) is 11.8 Å². The summed E-state index contributed by atoms with van der Waals surface area (Å²) in [5.41, 5.74) is 0.734. The maximum absolute atomic E-state index is 11.4. The minimum Gasteiger partial charge on any atom is -0.496 e. The summed E-state index contributed by atoms with van der Waals surface area (Å²) in [4.78, 5) is 17.7. The smallest absolute Gasteiger partial charge is 0.252 e. The van der Waals surface area contributed by atoms with Crippen LogP contribution in [-0.4, -0.2) is 17.1 Å². The lowest BCUT2D eigenvalue weighted by Gasteiger charge is -2.06. The molecule has 17 heavy (non-hydrogen) atoms. The Morgan fingerprint density at radius 1 is 1.41 bits per heavy atom. The zero-order chi connectivity index (χ0) is 12.3. The molecule has 0 amide bonds. The van der Waals surface area contributed by atoms with Crippen LogP contribution in [0.2, 0.25) is 0 Å². The molecule has 0 atom stereocenters. The Morgan fingerprint density at radius 2 is 2.18 bits per heavy atom. The maximum Gasteiger partial charge on any atom is 0.252 e. The molecule has 0 fully saturated rings. The highest BCUT2D eigenvalue weighted by atomic mass is 16.5. The summed E-state index contributed by atoms with van der Waals surface area (Å²) in [6.45, 7) is 0. The fourth-order valence-electron chi connectivity index (χ4n) is 1.50. The topological polar surface area (TPSA) is 78.8 Å². The number of H-pyrrole nitrogens is 1. The lowest BCUT2D eigenvalue weighted by Crippen LogP contribution is -2.09. The van der Waals surface area contributed by atoms with E-state index < -0.39 is 0 Å². The Kier molecular flexibility index (Phi) is 2.88. The minimum absolute atomic E-state index is 0.0154. The van der Waals surface area contributed by atoms with Crippen LogP contribution in [-0.2, 0) is 0 Å². The van der Waals surface area contributed by atoms with E-state index in [4.69, 9.17) is 10.00 Å². The van der Waals surface area contributed by atoms with Gasteiger partial charge in [-0.3, -0.25) is 9.78 Å². The largest absolute Gasteiger partial charge is 0.496 e. The normalized spacial score (nSPS) is 9.65. The van der Waals surface area contributed by atoms with Crippen molar-refractivity contribution in [2.24, 2.45) is 0 Å². The van der Waals surface area contributed by atoms with Crippen molar-refractivity contribution in [2.45, 2.75) is 0 Å². The van der Waals surface area contributed by atoms with Crippen LogP contribution in [0.5, 0.6) is 5.75 Å². The standard InChI is InChI=1S/C12H9N3O2/c1-17-10-5-3-2-4-8(10)9-6-12(16)15-11(7-13)14-9/h2-6H,1H3,(H,14,15,16). The lowest BCUT2D eigenvalue weighted by atomic mass is 10.1. The average molecular weight is 227 g/mol. The Hall–Kier alpha value is -2.61. The Morgan fingerprint density at radius 3 is 2.88 bits per heavy atom. The molecule has 0 aliphatic carbocycles. The number of ether oxygens (including phenoxy) is 1. The van der Waals surface area contributed by atoms with Crippen LogP contribution in [0.3, 0.4) is 0 Å². The molecule has 5 heteroatoms. The molecule has 0 saturated carbocycles. The van der Waals surface area contributed by atoms with Crippen molar-refractivity contribution in [2.75, 3.05) is 7.11 Å². The zero-order valence-electron chi connectivity index (χ0n) is 9.10. The molecular formula is C12H9N3O2. The van der Waals surface area contributed by atoms with Gasteiger partial charge in [0.2, 0.25) is 5.82 Å². The number of hydrogen-bond acceptors (Lipinski definition) is 4. The van der Waals surface area contributed by atoms with E-state index in [2.05, 4.69) is 9.97 Å². The first-order valence-corrected chi connectivity index (χ1v) is 4.89. The van der Waals surface area contributed by atoms with Crippen LogP contribution in [0.1, 0.15) is 5.82 Å². The fraction of sp³-hybridized carbons (Fsp3) is 0.0833. The van der Waals surface area contributed by atoms with E-state index >= 15 is 0 Å². The number of nitrogens with zero attached hydrogens (tertiary/aromatic N) is 2. The molecular weight excluding hydrogens is 218 g/mol. The Balaban J connectivity index is 2.65. The summed E-state index contributed by atoms with van der Waals surface area (Å²) in [6.07, 6.45) is 0. The van der Waals surface area contributed by atoms with Gasteiger partial charge in [0.25, 0.3) is 5.56 Å². The first-order valence-electron chi connectivity index (χ1n) is 4.89. The van der Waals surface area contributed by atoms with Crippen molar-refractivity contribution >= 4 is 0 Å². The van der Waals surface area contributed by atoms with Gasteiger partial charge in [-0.05, 0) is 12.1 Å². The molecule has 0 unspecified atom stereocenters. The first kappa shape index (κ1) is 10.9. The second-order valence-corrected chi connectivity index (χ2v) is 3.29. The number of benzene rings is 1. The summed E-state index contributed by atoms with van der Waals surface area (Å²) < 4.78 is 5.18. The summed E-state index contributed by atoms with van der Waals surface area (Å²) in [6, 6.07) is 10.3. The van der Waals surface area contributed by atoms with E-state index in [1.54, 1.807) is 12.1 Å². The molecule has 0 radical (unpaired) electrons. The number of aromatic nitrogens is 2. The Labute approximate surface area is 97.3 Å². The SMILES string of the molecule is COc1ccccc1-c1cc(=O)[nH]c(C#N)n1. The molecule has 84 valence electrons. The van der Waals surface area contributed by atoms with Crippen LogP contribution >= 0.6 is 0 Å². The van der Waals surface area contributed by atoms with Gasteiger partial charge in [0, 0.05) is 11.6 Å². The Bertz CT molecular complexity index is 641. The number of aromatic amines is 1. The highest BCUT2D eigenvalue weighted by Crippen LogP contribution is 2.26. The van der Waals surface area contributed by atoms with E-state index in [1.807, 2.05) is 18.2 Å². The highest BCUT2D eigenvalue weighted by molar-refractivity contribution is 5.66. The van der Waals surface area contributed by atoms with Crippen LogP contribution in [0.15, 0.2) is 35.1 Å². The van der Waals surface area contributed by atoms with Gasteiger partial charge < -0.3 is 4.74 Å². The predicted molar refractivity (Wildman–Crippen MR) is 61.6 cm³/mol. The third-order valence-electron chi connectivity index (χ3n) is 2.23. The van der Waals surface area contributed by atoms with E-state index in [0.717, 1.165) is 0 Å². The summed E-state index contributed by atoms with van der Waals surface area (Å²) in [7, 11) is 1.54. The molecule has 0 spiro atoms. The number of rotatable bonds is 2. The second kappa shape index (κ2) is 4.49. The van der Waals surface area contributed by atoms with E-state index in [0.29, 0.717) is 17.0 Å². The molecule has 1 aromatic heterocycles. The third kappa shape index (κ3) is 2.16. The van der Waals surface area contributed by atoms with E-state index in [9.17, 15) is 4.79 Å². The van der Waals surface area contributed by atoms with Crippen LogP contribution in [0.4, 0.5) is 0 Å². The average Bonchev–Trinajstić information content (AvgIpc) is 2.37. The van der Waals surface area contributed by atoms with Gasteiger partial charge in [-0.25, -0.2) is 4.98 Å². The van der Waals surface area contributed by atoms with Crippen molar-refractivity contribution in [3.8, 4) is 23.1 Å². The lowest BCUT2D eigenvalue weighted by molar-refractivity contribution is 0.416. The second-order valence-electron chi connectivity index (χ2n) is 3.29. The van der Waals surface area contributed by atoms with Crippen LogP contribution < -0.4 is 10.3 Å². The van der Waals surface area contributed by atoms with Crippen molar-refractivity contribution in [1.82, 2.24) is 9.97 Å². The van der Waals surface area contributed by atoms with Gasteiger partial charge in [-0.15, -0.1) is 0 Å². The van der Waals surface area contributed by atoms with Crippen molar-refractivity contribution in [1.29, 1.82) is 5.26 Å². The molecule has 0 aliphatic rings. The fourth-order valence-corrected chi connectivity index (χ4v) is 1.50. The van der Waals surface area contributed by atoms with Gasteiger partial charge in [-0.2, -0.15) is 5.26 Å². The van der Waals surface area contributed by atoms with E-state index in [-0.39, 0.29) is 11.4 Å². The van der Waals surface area contributed by atoms with Crippen molar-refractivity contribution in [3.05, 3.63) is 46.5 Å². The quantitative estimate of drug-likeness (QED) is 0.839. The molecule has 5 nitrogen and oxygen atoms in total. The molecule has 1 aromatic carbocycles. The molecule has 1 heterocycles. The van der Waals surface area contributed by atoms with Crippen LogP contribution in [0.25, 0.3) is 11.3 Å². The number of methoxy groups -OCH3 is 1. The van der Waals surface area contributed by atoms with Gasteiger partial charge in [0.05, 0.1) is 12.8 Å². The summed E-state index contributed by atoms with van der Waals surface area (Å²) in [5.74, 6) is 0.591. The molecule has 0 bridgehead atoms.